The van der Waals surface area contributed by atoms with Crippen LogP contribution in [0.15, 0.2) is 34.8 Å². The highest BCUT2D eigenvalue weighted by Gasteiger charge is 2.10. The fourth-order valence-corrected chi connectivity index (χ4v) is 2.23. The molecule has 0 atom stereocenters. The first-order chi connectivity index (χ1) is 9.99. The Labute approximate surface area is 130 Å². The van der Waals surface area contributed by atoms with Crippen LogP contribution in [-0.4, -0.2) is 23.2 Å². The van der Waals surface area contributed by atoms with Gasteiger partial charge in [0.2, 0.25) is 0 Å². The molecule has 0 radical (unpaired) electrons. The lowest BCUT2D eigenvalue weighted by molar-refractivity contribution is 0.0695. The summed E-state index contributed by atoms with van der Waals surface area (Å²) < 4.78 is 11.3. The monoisotopic (exact) mass is 351 g/mol. The van der Waals surface area contributed by atoms with Gasteiger partial charge in [-0.3, -0.25) is 4.98 Å². The summed E-state index contributed by atoms with van der Waals surface area (Å²) in [5, 5.41) is 9.07. The van der Waals surface area contributed by atoms with Crippen LogP contribution in [0.3, 0.4) is 0 Å². The quantitative estimate of drug-likeness (QED) is 0.893. The molecule has 0 fully saturated rings. The number of ether oxygens (including phenoxy) is 2. The molecule has 1 N–H and O–H groups in total. The van der Waals surface area contributed by atoms with Gasteiger partial charge < -0.3 is 14.6 Å². The zero-order valence-electron chi connectivity index (χ0n) is 11.6. The smallest absolute Gasteiger partial charge is 0.336 e. The zero-order valence-corrected chi connectivity index (χ0v) is 13.2. The number of aryl methyl sites for hydroxylation is 1. The molecular formula is C15H14BrNO4. The normalized spacial score (nSPS) is 10.2. The van der Waals surface area contributed by atoms with Gasteiger partial charge in [0.05, 0.1) is 18.4 Å². The molecule has 0 amide bonds. The van der Waals surface area contributed by atoms with Crippen molar-refractivity contribution in [3.8, 4) is 11.5 Å². The first-order valence-electron chi connectivity index (χ1n) is 6.17. The van der Waals surface area contributed by atoms with Crippen LogP contribution in [0.4, 0.5) is 0 Å². The summed E-state index contributed by atoms with van der Waals surface area (Å²) in [5.41, 5.74) is 1.70. The molecular weight excluding hydrogens is 338 g/mol. The number of halogens is 1. The van der Waals surface area contributed by atoms with E-state index in [-0.39, 0.29) is 12.2 Å². The van der Waals surface area contributed by atoms with E-state index >= 15 is 0 Å². The van der Waals surface area contributed by atoms with Crippen molar-refractivity contribution in [2.75, 3.05) is 7.11 Å². The number of pyridine rings is 1. The molecule has 0 unspecified atom stereocenters. The third-order valence-electron chi connectivity index (χ3n) is 2.77. The van der Waals surface area contributed by atoms with Crippen LogP contribution in [-0.2, 0) is 6.61 Å². The van der Waals surface area contributed by atoms with Gasteiger partial charge in [-0.05, 0) is 41.1 Å². The van der Waals surface area contributed by atoms with Crippen LogP contribution in [0.5, 0.6) is 11.5 Å². The minimum absolute atomic E-state index is 0.155. The first kappa shape index (κ1) is 15.3. The zero-order chi connectivity index (χ0) is 15.4. The van der Waals surface area contributed by atoms with Gasteiger partial charge >= 0.3 is 5.97 Å². The molecule has 0 saturated carbocycles. The summed E-state index contributed by atoms with van der Waals surface area (Å²) in [6, 6.07) is 8.42. The Morgan fingerprint density at radius 3 is 2.71 bits per heavy atom. The Kier molecular flexibility index (Phi) is 4.80. The SMILES string of the molecule is COc1cc(C)nc(COc2ccc(Br)c(C(=O)O)c2)c1. The molecule has 6 heteroatoms. The third kappa shape index (κ3) is 3.95. The van der Waals surface area contributed by atoms with E-state index in [4.69, 9.17) is 14.6 Å². The number of aromatic carboxylic acids is 1. The molecule has 0 aliphatic rings. The van der Waals surface area contributed by atoms with Crippen molar-refractivity contribution >= 4 is 21.9 Å². The maximum Gasteiger partial charge on any atom is 0.336 e. The van der Waals surface area contributed by atoms with Gasteiger partial charge in [0.15, 0.2) is 0 Å². The summed E-state index contributed by atoms with van der Waals surface area (Å²) in [5.74, 6) is 0.170. The van der Waals surface area contributed by atoms with Crippen LogP contribution in [0.25, 0.3) is 0 Å². The van der Waals surface area contributed by atoms with Crippen molar-refractivity contribution in [1.29, 1.82) is 0 Å². The molecule has 1 aromatic heterocycles. The van der Waals surface area contributed by atoms with E-state index in [1.165, 1.54) is 6.07 Å². The standard InChI is InChI=1S/C15H14BrNO4/c1-9-5-12(20-2)6-10(17-9)8-21-11-3-4-14(16)13(7-11)15(18)19/h3-7H,8H2,1-2H3,(H,18,19). The Hall–Kier alpha value is -2.08. The average molecular weight is 352 g/mol. The van der Waals surface area contributed by atoms with Crippen molar-refractivity contribution in [3.63, 3.8) is 0 Å². The van der Waals surface area contributed by atoms with E-state index in [2.05, 4.69) is 20.9 Å². The number of carboxylic acid groups (broad SMARTS) is 1. The Bertz CT molecular complexity index is 673. The molecule has 5 nitrogen and oxygen atoms in total. The van der Waals surface area contributed by atoms with Crippen molar-refractivity contribution < 1.29 is 19.4 Å². The minimum Gasteiger partial charge on any atom is -0.497 e. The third-order valence-corrected chi connectivity index (χ3v) is 3.46. The van der Waals surface area contributed by atoms with Crippen molar-refractivity contribution in [2.24, 2.45) is 0 Å². The van der Waals surface area contributed by atoms with Gasteiger partial charge in [-0.1, -0.05) is 0 Å². The van der Waals surface area contributed by atoms with Crippen molar-refractivity contribution in [3.05, 3.63) is 51.8 Å². The fourth-order valence-electron chi connectivity index (χ4n) is 1.81. The topological polar surface area (TPSA) is 68.7 Å². The number of nitrogens with zero attached hydrogens (tertiary/aromatic N) is 1. The number of aromatic nitrogens is 1. The number of hydrogen-bond donors (Lipinski definition) is 1. The summed E-state index contributed by atoms with van der Waals surface area (Å²) in [7, 11) is 1.59. The lowest BCUT2D eigenvalue weighted by Crippen LogP contribution is -2.02. The second-order valence-corrected chi connectivity index (χ2v) is 5.23. The molecule has 0 spiro atoms. The van der Waals surface area contributed by atoms with E-state index in [0.717, 1.165) is 5.69 Å². The highest BCUT2D eigenvalue weighted by Crippen LogP contribution is 2.23. The highest BCUT2D eigenvalue weighted by atomic mass is 79.9. The maximum atomic E-state index is 11.1. The second kappa shape index (κ2) is 6.58. The number of carbonyl (C=O) groups is 1. The van der Waals surface area contributed by atoms with E-state index in [0.29, 0.717) is 21.7 Å². The van der Waals surface area contributed by atoms with Crippen LogP contribution < -0.4 is 9.47 Å². The van der Waals surface area contributed by atoms with Gasteiger partial charge in [-0.25, -0.2) is 4.79 Å². The summed E-state index contributed by atoms with van der Waals surface area (Å²) in [6.45, 7) is 2.10. The highest BCUT2D eigenvalue weighted by molar-refractivity contribution is 9.10. The molecule has 1 aromatic carbocycles. The molecule has 21 heavy (non-hydrogen) atoms. The van der Waals surface area contributed by atoms with Crippen molar-refractivity contribution in [2.45, 2.75) is 13.5 Å². The second-order valence-electron chi connectivity index (χ2n) is 4.38. The maximum absolute atomic E-state index is 11.1. The van der Waals surface area contributed by atoms with Crippen molar-refractivity contribution in [1.82, 2.24) is 4.98 Å². The molecule has 2 aromatic rings. The number of carboxylic acids is 1. The van der Waals surface area contributed by atoms with Crippen LogP contribution in [0.1, 0.15) is 21.7 Å². The van der Waals surface area contributed by atoms with Gasteiger partial charge in [-0.15, -0.1) is 0 Å². The number of methoxy groups -OCH3 is 1. The molecule has 0 aliphatic heterocycles. The molecule has 0 bridgehead atoms. The van der Waals surface area contributed by atoms with Gasteiger partial charge in [0.25, 0.3) is 0 Å². The van der Waals surface area contributed by atoms with E-state index in [1.54, 1.807) is 25.3 Å². The predicted molar refractivity (Wildman–Crippen MR) is 81.0 cm³/mol. The van der Waals surface area contributed by atoms with Gasteiger partial charge in [0, 0.05) is 22.3 Å². The average Bonchev–Trinajstić information content (AvgIpc) is 2.45. The van der Waals surface area contributed by atoms with Crippen LogP contribution in [0.2, 0.25) is 0 Å². The molecule has 0 aliphatic carbocycles. The fraction of sp³-hybridized carbons (Fsp3) is 0.200. The summed E-state index contributed by atoms with van der Waals surface area (Å²) in [4.78, 5) is 15.4. The van der Waals surface area contributed by atoms with E-state index < -0.39 is 5.97 Å². The Morgan fingerprint density at radius 2 is 2.05 bits per heavy atom. The molecule has 110 valence electrons. The van der Waals surface area contributed by atoms with Crippen LogP contribution in [0, 0.1) is 6.92 Å². The lowest BCUT2D eigenvalue weighted by atomic mass is 10.2. The summed E-state index contributed by atoms with van der Waals surface area (Å²) in [6.07, 6.45) is 0. The van der Waals surface area contributed by atoms with E-state index in [9.17, 15) is 4.79 Å². The van der Waals surface area contributed by atoms with Gasteiger partial charge in [0.1, 0.15) is 18.1 Å². The number of hydrogen-bond acceptors (Lipinski definition) is 4. The lowest BCUT2D eigenvalue weighted by Gasteiger charge is -2.09. The molecule has 2 rings (SSSR count). The molecule has 1 heterocycles. The largest absolute Gasteiger partial charge is 0.497 e. The first-order valence-corrected chi connectivity index (χ1v) is 6.96. The summed E-state index contributed by atoms with van der Waals surface area (Å²) >= 11 is 3.19. The number of benzene rings is 1. The van der Waals surface area contributed by atoms with Crippen LogP contribution >= 0.6 is 15.9 Å². The Balaban J connectivity index is 2.15. The van der Waals surface area contributed by atoms with Gasteiger partial charge in [-0.2, -0.15) is 0 Å². The predicted octanol–water partition coefficient (Wildman–Crippen LogP) is 3.44. The van der Waals surface area contributed by atoms with E-state index in [1.807, 2.05) is 13.0 Å². The molecule has 0 saturated heterocycles. The number of rotatable bonds is 5. The minimum atomic E-state index is -1.01. The Morgan fingerprint density at radius 1 is 1.29 bits per heavy atom.